The molecule has 0 aromatic carbocycles. The molecule has 2 aliphatic heterocycles. The van der Waals surface area contributed by atoms with Crippen LogP contribution in [0.3, 0.4) is 0 Å². The lowest BCUT2D eigenvalue weighted by atomic mass is 9.97. The van der Waals surface area contributed by atoms with Crippen LogP contribution in [0.1, 0.15) is 19.3 Å². The Bertz CT molecular complexity index is 432. The van der Waals surface area contributed by atoms with E-state index >= 15 is 0 Å². The highest BCUT2D eigenvalue weighted by Gasteiger charge is 2.36. The van der Waals surface area contributed by atoms with E-state index in [4.69, 9.17) is 4.74 Å². The molecule has 116 valence electrons. The molecule has 0 saturated carbocycles. The third-order valence-corrected chi connectivity index (χ3v) is 5.87. The van der Waals surface area contributed by atoms with Crippen LogP contribution in [0, 0.1) is 5.92 Å². The van der Waals surface area contributed by atoms with Crippen LogP contribution in [0.15, 0.2) is 0 Å². The molecule has 6 nitrogen and oxygen atoms in total. The van der Waals surface area contributed by atoms with Gasteiger partial charge in [-0.1, -0.05) is 0 Å². The number of piperidine rings is 1. The second-order valence-electron chi connectivity index (χ2n) is 5.62. The van der Waals surface area contributed by atoms with Crippen molar-refractivity contribution >= 4 is 15.7 Å². The smallest absolute Gasteiger partial charge is 0.227 e. The van der Waals surface area contributed by atoms with Gasteiger partial charge < -0.3 is 15.0 Å². The Hall–Kier alpha value is -0.660. The van der Waals surface area contributed by atoms with E-state index in [1.807, 2.05) is 0 Å². The lowest BCUT2D eigenvalue weighted by molar-refractivity contribution is -0.138. The Kier molecular flexibility index (Phi) is 5.40. The van der Waals surface area contributed by atoms with Gasteiger partial charge in [-0.2, -0.15) is 0 Å². The summed E-state index contributed by atoms with van der Waals surface area (Å²) in [6.45, 7) is 2.58. The van der Waals surface area contributed by atoms with Crippen molar-refractivity contribution in [2.75, 3.05) is 44.9 Å². The summed E-state index contributed by atoms with van der Waals surface area (Å²) < 4.78 is 28.3. The molecule has 0 aliphatic carbocycles. The number of hydrogen-bond acceptors (Lipinski definition) is 5. The second kappa shape index (κ2) is 6.87. The van der Waals surface area contributed by atoms with Crippen LogP contribution in [0.2, 0.25) is 0 Å². The molecule has 2 heterocycles. The van der Waals surface area contributed by atoms with Gasteiger partial charge in [-0.05, 0) is 25.8 Å². The van der Waals surface area contributed by atoms with Gasteiger partial charge in [-0.25, -0.2) is 8.42 Å². The molecule has 0 bridgehead atoms. The first-order valence-corrected chi connectivity index (χ1v) is 9.06. The van der Waals surface area contributed by atoms with E-state index in [0.29, 0.717) is 26.1 Å². The fourth-order valence-corrected chi connectivity index (χ4v) is 4.71. The van der Waals surface area contributed by atoms with E-state index in [9.17, 15) is 13.2 Å². The van der Waals surface area contributed by atoms with Crippen molar-refractivity contribution in [3.8, 4) is 0 Å². The minimum atomic E-state index is -2.98. The fourth-order valence-electron chi connectivity index (χ4n) is 2.98. The first kappa shape index (κ1) is 15.7. The molecule has 2 atom stereocenters. The molecule has 20 heavy (non-hydrogen) atoms. The molecular formula is C13H24N2O4S. The Labute approximate surface area is 120 Å². The predicted molar refractivity (Wildman–Crippen MR) is 76.2 cm³/mol. The van der Waals surface area contributed by atoms with Crippen molar-refractivity contribution < 1.29 is 17.9 Å². The van der Waals surface area contributed by atoms with Gasteiger partial charge >= 0.3 is 0 Å². The topological polar surface area (TPSA) is 75.7 Å². The second-order valence-corrected chi connectivity index (χ2v) is 7.85. The van der Waals surface area contributed by atoms with E-state index in [1.54, 1.807) is 12.0 Å². The molecule has 1 N–H and O–H groups in total. The molecule has 2 saturated heterocycles. The zero-order valence-electron chi connectivity index (χ0n) is 12.0. The van der Waals surface area contributed by atoms with Crippen LogP contribution in [0.4, 0.5) is 0 Å². The first-order chi connectivity index (χ1) is 9.53. The summed E-state index contributed by atoms with van der Waals surface area (Å²) >= 11 is 0. The van der Waals surface area contributed by atoms with E-state index in [0.717, 1.165) is 19.4 Å². The minimum Gasteiger partial charge on any atom is -0.383 e. The van der Waals surface area contributed by atoms with Gasteiger partial charge in [0.15, 0.2) is 9.84 Å². The van der Waals surface area contributed by atoms with Crippen molar-refractivity contribution in [1.29, 1.82) is 0 Å². The number of hydrogen-bond donors (Lipinski definition) is 1. The zero-order chi connectivity index (χ0) is 14.6. The number of nitrogens with one attached hydrogen (secondary N) is 1. The van der Waals surface area contributed by atoms with Crippen molar-refractivity contribution in [2.24, 2.45) is 5.92 Å². The van der Waals surface area contributed by atoms with Gasteiger partial charge in [0, 0.05) is 26.2 Å². The Balaban J connectivity index is 2.04. The van der Waals surface area contributed by atoms with Gasteiger partial charge in [-0.3, -0.25) is 4.79 Å². The Morgan fingerprint density at radius 2 is 2.20 bits per heavy atom. The molecule has 2 rings (SSSR count). The number of sulfone groups is 1. The quantitative estimate of drug-likeness (QED) is 0.751. The summed E-state index contributed by atoms with van der Waals surface area (Å²) in [6.07, 6.45) is 2.43. The Morgan fingerprint density at radius 3 is 2.75 bits per heavy atom. The number of ether oxygens (including phenoxy) is 1. The van der Waals surface area contributed by atoms with Gasteiger partial charge in [0.2, 0.25) is 5.91 Å². The molecule has 0 radical (unpaired) electrons. The average Bonchev–Trinajstić information content (AvgIpc) is 2.80. The van der Waals surface area contributed by atoms with Crippen LogP contribution in [-0.4, -0.2) is 70.1 Å². The number of methoxy groups -OCH3 is 1. The van der Waals surface area contributed by atoms with Crippen LogP contribution < -0.4 is 5.32 Å². The van der Waals surface area contributed by atoms with Gasteiger partial charge in [0.05, 0.1) is 24.0 Å². The monoisotopic (exact) mass is 304 g/mol. The highest BCUT2D eigenvalue weighted by Crippen LogP contribution is 2.22. The lowest BCUT2D eigenvalue weighted by Gasteiger charge is -2.33. The highest BCUT2D eigenvalue weighted by molar-refractivity contribution is 7.91. The van der Waals surface area contributed by atoms with E-state index in [-0.39, 0.29) is 29.4 Å². The summed E-state index contributed by atoms with van der Waals surface area (Å²) in [4.78, 5) is 14.4. The average molecular weight is 304 g/mol. The SMILES string of the molecule is COCCN(C(=O)C1CCCNC1)C1CCS(=O)(=O)C1. The van der Waals surface area contributed by atoms with Crippen LogP contribution in [-0.2, 0) is 19.4 Å². The molecule has 1 amide bonds. The third-order valence-electron chi connectivity index (χ3n) is 4.11. The minimum absolute atomic E-state index is 0.0242. The maximum atomic E-state index is 12.6. The Morgan fingerprint density at radius 1 is 1.40 bits per heavy atom. The van der Waals surface area contributed by atoms with E-state index in [1.165, 1.54) is 0 Å². The summed E-state index contributed by atoms with van der Waals surface area (Å²) in [5, 5.41) is 3.24. The van der Waals surface area contributed by atoms with Gasteiger partial charge in [0.1, 0.15) is 0 Å². The van der Waals surface area contributed by atoms with Crippen molar-refractivity contribution in [3.05, 3.63) is 0 Å². The maximum Gasteiger partial charge on any atom is 0.227 e. The van der Waals surface area contributed by atoms with Crippen molar-refractivity contribution in [3.63, 3.8) is 0 Å². The van der Waals surface area contributed by atoms with Crippen LogP contribution >= 0.6 is 0 Å². The number of rotatable bonds is 5. The molecule has 0 spiro atoms. The zero-order valence-corrected chi connectivity index (χ0v) is 12.8. The molecule has 2 aliphatic rings. The molecule has 7 heteroatoms. The summed E-state index contributed by atoms with van der Waals surface area (Å²) in [7, 11) is -1.39. The van der Waals surface area contributed by atoms with Crippen molar-refractivity contribution in [1.82, 2.24) is 10.2 Å². The number of carbonyl (C=O) groups excluding carboxylic acids is 1. The molecule has 2 unspecified atom stereocenters. The molecule has 0 aromatic rings. The van der Waals surface area contributed by atoms with Crippen LogP contribution in [0.25, 0.3) is 0 Å². The molecule has 0 aromatic heterocycles. The van der Waals surface area contributed by atoms with Gasteiger partial charge in [0.25, 0.3) is 0 Å². The third kappa shape index (κ3) is 3.93. The summed E-state index contributed by atoms with van der Waals surface area (Å²) in [5.41, 5.74) is 0. The van der Waals surface area contributed by atoms with Gasteiger partial charge in [-0.15, -0.1) is 0 Å². The standard InChI is InChI=1S/C13H24N2O4S/c1-19-7-6-15(12-4-8-20(17,18)10-12)13(16)11-3-2-5-14-9-11/h11-12,14H,2-10H2,1H3. The normalized spacial score (nSPS) is 29.2. The largest absolute Gasteiger partial charge is 0.383 e. The number of carbonyl (C=O) groups is 1. The lowest BCUT2D eigenvalue weighted by Crippen LogP contribution is -2.49. The van der Waals surface area contributed by atoms with E-state index in [2.05, 4.69) is 5.32 Å². The van der Waals surface area contributed by atoms with Crippen LogP contribution in [0.5, 0.6) is 0 Å². The highest BCUT2D eigenvalue weighted by atomic mass is 32.2. The van der Waals surface area contributed by atoms with Crippen molar-refractivity contribution in [2.45, 2.75) is 25.3 Å². The number of amides is 1. The first-order valence-electron chi connectivity index (χ1n) is 7.24. The summed E-state index contributed by atoms with van der Waals surface area (Å²) in [5.74, 6) is 0.347. The fraction of sp³-hybridized carbons (Fsp3) is 0.923. The maximum absolute atomic E-state index is 12.6. The molecular weight excluding hydrogens is 280 g/mol. The number of nitrogens with zero attached hydrogens (tertiary/aromatic N) is 1. The molecule has 2 fully saturated rings. The summed E-state index contributed by atoms with van der Waals surface area (Å²) in [6, 6.07) is -0.176. The van der Waals surface area contributed by atoms with E-state index < -0.39 is 9.84 Å². The predicted octanol–water partition coefficient (Wildman–Crippen LogP) is -0.352.